The van der Waals surface area contributed by atoms with Gasteiger partial charge in [0.25, 0.3) is 0 Å². The maximum Gasteiger partial charge on any atom is 0.131 e. The third-order valence-corrected chi connectivity index (χ3v) is 5.89. The van der Waals surface area contributed by atoms with Crippen molar-refractivity contribution in [3.63, 3.8) is 0 Å². The van der Waals surface area contributed by atoms with Gasteiger partial charge in [-0.15, -0.1) is 0 Å². The van der Waals surface area contributed by atoms with E-state index >= 15 is 0 Å². The number of methoxy groups -OCH3 is 1. The summed E-state index contributed by atoms with van der Waals surface area (Å²) in [6.45, 7) is 3.66. The Kier molecular flexibility index (Phi) is 6.98. The van der Waals surface area contributed by atoms with Gasteiger partial charge in [-0.25, -0.2) is 0 Å². The SMILES string of the molecule is COc1cc(Br)ccc1CCc1c(Cl)cccc1C1=NCCN1C(C)CC#N. The predicted molar refractivity (Wildman–Crippen MR) is 117 cm³/mol. The molecule has 2 aromatic rings. The summed E-state index contributed by atoms with van der Waals surface area (Å²) < 4.78 is 6.52. The van der Waals surface area contributed by atoms with Crippen LogP contribution in [-0.2, 0) is 12.8 Å². The first-order valence-electron chi connectivity index (χ1n) is 9.33. The lowest BCUT2D eigenvalue weighted by atomic mass is 9.97. The van der Waals surface area contributed by atoms with E-state index in [2.05, 4.69) is 46.0 Å². The molecule has 0 fully saturated rings. The van der Waals surface area contributed by atoms with Crippen LogP contribution in [0.15, 0.2) is 45.9 Å². The van der Waals surface area contributed by atoms with Crippen LogP contribution in [0.4, 0.5) is 0 Å². The van der Waals surface area contributed by atoms with Crippen molar-refractivity contribution in [2.75, 3.05) is 20.2 Å². The van der Waals surface area contributed by atoms with Crippen molar-refractivity contribution in [2.24, 2.45) is 4.99 Å². The Morgan fingerprint density at radius 1 is 1.32 bits per heavy atom. The van der Waals surface area contributed by atoms with E-state index in [0.29, 0.717) is 6.42 Å². The number of halogens is 2. The highest BCUT2D eigenvalue weighted by Gasteiger charge is 2.25. The van der Waals surface area contributed by atoms with Gasteiger partial charge in [-0.2, -0.15) is 5.26 Å². The molecule has 2 aromatic carbocycles. The van der Waals surface area contributed by atoms with E-state index in [9.17, 15) is 0 Å². The van der Waals surface area contributed by atoms with Crippen LogP contribution in [0.25, 0.3) is 0 Å². The normalized spacial score (nSPS) is 14.5. The molecule has 0 spiro atoms. The van der Waals surface area contributed by atoms with Gasteiger partial charge in [0.15, 0.2) is 0 Å². The molecule has 146 valence electrons. The van der Waals surface area contributed by atoms with E-state index in [1.165, 1.54) is 0 Å². The first kappa shape index (κ1) is 20.7. The molecule has 1 aliphatic heterocycles. The van der Waals surface area contributed by atoms with E-state index < -0.39 is 0 Å². The van der Waals surface area contributed by atoms with Crippen molar-refractivity contribution in [1.29, 1.82) is 5.26 Å². The number of rotatable bonds is 7. The quantitative estimate of drug-likeness (QED) is 0.566. The maximum atomic E-state index is 9.08. The molecule has 0 saturated carbocycles. The molecule has 0 amide bonds. The number of amidine groups is 1. The Morgan fingerprint density at radius 2 is 2.14 bits per heavy atom. The minimum Gasteiger partial charge on any atom is -0.496 e. The monoisotopic (exact) mass is 459 g/mol. The van der Waals surface area contributed by atoms with Gasteiger partial charge >= 0.3 is 0 Å². The van der Waals surface area contributed by atoms with Crippen molar-refractivity contribution in [3.05, 3.63) is 62.6 Å². The second-order valence-electron chi connectivity index (χ2n) is 6.83. The first-order valence-corrected chi connectivity index (χ1v) is 10.5. The molecule has 1 unspecified atom stereocenters. The van der Waals surface area contributed by atoms with E-state index in [1.807, 2.05) is 24.3 Å². The molecule has 28 heavy (non-hydrogen) atoms. The number of nitriles is 1. The molecule has 6 heteroatoms. The van der Waals surface area contributed by atoms with Gasteiger partial charge in [0.1, 0.15) is 11.6 Å². The Hall–Kier alpha value is -2.03. The average molecular weight is 461 g/mol. The molecule has 1 atom stereocenters. The Labute approximate surface area is 179 Å². The zero-order valence-electron chi connectivity index (χ0n) is 16.1. The summed E-state index contributed by atoms with van der Waals surface area (Å²) in [5.74, 6) is 1.81. The van der Waals surface area contributed by atoms with E-state index in [0.717, 1.165) is 63.7 Å². The molecule has 1 aliphatic rings. The summed E-state index contributed by atoms with van der Waals surface area (Å²) in [5, 5.41) is 9.83. The van der Waals surface area contributed by atoms with Crippen LogP contribution in [0.3, 0.4) is 0 Å². The molecule has 0 N–H and O–H groups in total. The molecule has 1 heterocycles. The Bertz CT molecular complexity index is 922. The largest absolute Gasteiger partial charge is 0.496 e. The van der Waals surface area contributed by atoms with Crippen LogP contribution in [0, 0.1) is 11.3 Å². The highest BCUT2D eigenvalue weighted by atomic mass is 79.9. The minimum absolute atomic E-state index is 0.129. The third kappa shape index (κ3) is 4.51. The van der Waals surface area contributed by atoms with Crippen LogP contribution in [0.1, 0.15) is 30.0 Å². The van der Waals surface area contributed by atoms with Gasteiger partial charge in [0, 0.05) is 27.6 Å². The first-order chi connectivity index (χ1) is 13.5. The number of benzene rings is 2. The van der Waals surface area contributed by atoms with E-state index in [-0.39, 0.29) is 6.04 Å². The highest BCUT2D eigenvalue weighted by Crippen LogP contribution is 2.29. The average Bonchev–Trinajstić information content (AvgIpc) is 3.17. The van der Waals surface area contributed by atoms with Gasteiger partial charge in [0.2, 0.25) is 0 Å². The Morgan fingerprint density at radius 3 is 2.89 bits per heavy atom. The Balaban J connectivity index is 1.88. The van der Waals surface area contributed by atoms with Crippen LogP contribution in [-0.4, -0.2) is 37.0 Å². The van der Waals surface area contributed by atoms with Crippen LogP contribution >= 0.6 is 27.5 Å². The fourth-order valence-corrected chi connectivity index (χ4v) is 4.19. The molecule has 0 aliphatic carbocycles. The zero-order valence-corrected chi connectivity index (χ0v) is 18.4. The number of hydrogen-bond donors (Lipinski definition) is 0. The lowest BCUT2D eigenvalue weighted by Gasteiger charge is -2.27. The highest BCUT2D eigenvalue weighted by molar-refractivity contribution is 9.10. The van der Waals surface area contributed by atoms with Crippen LogP contribution in [0.5, 0.6) is 5.75 Å². The third-order valence-electron chi connectivity index (χ3n) is 5.05. The molecule has 3 rings (SSSR count). The second-order valence-corrected chi connectivity index (χ2v) is 8.15. The molecule has 0 radical (unpaired) electrons. The molecule has 0 aromatic heterocycles. The topological polar surface area (TPSA) is 48.6 Å². The predicted octanol–water partition coefficient (Wildman–Crippen LogP) is 5.26. The van der Waals surface area contributed by atoms with Crippen LogP contribution in [0.2, 0.25) is 5.02 Å². The second kappa shape index (κ2) is 9.45. The van der Waals surface area contributed by atoms with Crippen molar-refractivity contribution in [1.82, 2.24) is 4.90 Å². The van der Waals surface area contributed by atoms with Crippen molar-refractivity contribution in [3.8, 4) is 11.8 Å². The smallest absolute Gasteiger partial charge is 0.131 e. The van der Waals surface area contributed by atoms with Gasteiger partial charge in [-0.05, 0) is 49.1 Å². The number of nitrogens with zero attached hydrogens (tertiary/aromatic N) is 3. The van der Waals surface area contributed by atoms with Gasteiger partial charge < -0.3 is 9.64 Å². The molecular formula is C22H23BrClN3O. The fourth-order valence-electron chi connectivity index (χ4n) is 3.58. The van der Waals surface area contributed by atoms with Crippen molar-refractivity contribution >= 4 is 33.4 Å². The fraction of sp³-hybridized carbons (Fsp3) is 0.364. The summed E-state index contributed by atoms with van der Waals surface area (Å²) in [6.07, 6.45) is 2.08. The molecule has 0 saturated heterocycles. The van der Waals surface area contributed by atoms with Gasteiger partial charge in [-0.1, -0.05) is 45.7 Å². The summed E-state index contributed by atoms with van der Waals surface area (Å²) in [7, 11) is 1.69. The summed E-state index contributed by atoms with van der Waals surface area (Å²) in [4.78, 5) is 6.96. The number of hydrogen-bond acceptors (Lipinski definition) is 4. The number of aryl methyl sites for hydroxylation is 1. The summed E-state index contributed by atoms with van der Waals surface area (Å²) >= 11 is 10.1. The zero-order chi connectivity index (χ0) is 20.1. The van der Waals surface area contributed by atoms with E-state index in [4.69, 9.17) is 26.6 Å². The van der Waals surface area contributed by atoms with Crippen molar-refractivity contribution < 1.29 is 4.74 Å². The molecular weight excluding hydrogens is 438 g/mol. The minimum atomic E-state index is 0.129. The standard InChI is InChI=1S/C22H23BrClN3O/c1-15(10-11-25)27-13-12-26-22(27)19-4-3-5-20(24)18(19)9-7-16-6-8-17(23)14-21(16)28-2/h3-6,8,14-15H,7,9-10,12-13H2,1-2H3. The van der Waals surface area contributed by atoms with Crippen LogP contribution < -0.4 is 4.74 Å². The summed E-state index contributed by atoms with van der Waals surface area (Å²) in [5.41, 5.74) is 3.29. The lowest BCUT2D eigenvalue weighted by Crippen LogP contribution is -2.37. The number of ether oxygens (including phenoxy) is 1. The van der Waals surface area contributed by atoms with Gasteiger partial charge in [0.05, 0.1) is 26.1 Å². The van der Waals surface area contributed by atoms with Crippen molar-refractivity contribution in [2.45, 2.75) is 32.2 Å². The van der Waals surface area contributed by atoms with Gasteiger partial charge in [-0.3, -0.25) is 4.99 Å². The summed E-state index contributed by atoms with van der Waals surface area (Å²) in [6, 6.07) is 14.5. The maximum absolute atomic E-state index is 9.08. The van der Waals surface area contributed by atoms with E-state index in [1.54, 1.807) is 7.11 Å². The number of aliphatic imine (C=N–C) groups is 1. The molecule has 0 bridgehead atoms. The molecule has 4 nitrogen and oxygen atoms in total. The lowest BCUT2D eigenvalue weighted by molar-refractivity contribution is 0.362.